The number of amides is 1. The molecule has 4 aromatic rings. The smallest absolute Gasteiger partial charge is 0.416 e. The number of fused-ring (bicyclic) bond motifs is 1. The Kier molecular flexibility index (Phi) is 5.60. The number of anilines is 1. The van der Waals surface area contributed by atoms with Crippen LogP contribution in [0.4, 0.5) is 18.3 Å². The zero-order valence-corrected chi connectivity index (χ0v) is 17.1. The molecule has 0 atom stereocenters. The molecule has 0 N–H and O–H groups in total. The Morgan fingerprint density at radius 2 is 1.87 bits per heavy atom. The topological polar surface area (TPSA) is 55.3 Å². The average molecular weight is 443 g/mol. The van der Waals surface area contributed by atoms with Crippen molar-refractivity contribution < 1.29 is 22.7 Å². The van der Waals surface area contributed by atoms with Gasteiger partial charge in [-0.3, -0.25) is 14.7 Å². The van der Waals surface area contributed by atoms with Gasteiger partial charge in [-0.1, -0.05) is 17.4 Å². The van der Waals surface area contributed by atoms with Crippen molar-refractivity contribution >= 4 is 32.6 Å². The molecule has 2 aromatic heterocycles. The lowest BCUT2D eigenvalue weighted by Gasteiger charge is -2.20. The minimum Gasteiger partial charge on any atom is -0.497 e. The van der Waals surface area contributed by atoms with Gasteiger partial charge >= 0.3 is 6.18 Å². The summed E-state index contributed by atoms with van der Waals surface area (Å²) < 4.78 is 44.7. The number of alkyl halides is 3. The van der Waals surface area contributed by atoms with Crippen LogP contribution >= 0.6 is 11.3 Å². The van der Waals surface area contributed by atoms with Gasteiger partial charge in [-0.2, -0.15) is 13.2 Å². The van der Waals surface area contributed by atoms with E-state index in [1.54, 1.807) is 43.6 Å². The third-order valence-corrected chi connectivity index (χ3v) is 5.61. The van der Waals surface area contributed by atoms with Crippen LogP contribution in [0.2, 0.25) is 0 Å². The van der Waals surface area contributed by atoms with Crippen LogP contribution in [0.3, 0.4) is 0 Å². The lowest BCUT2D eigenvalue weighted by atomic mass is 10.1. The maximum atomic E-state index is 13.3. The first-order chi connectivity index (χ1) is 14.8. The third kappa shape index (κ3) is 4.51. The maximum absolute atomic E-state index is 13.3. The van der Waals surface area contributed by atoms with E-state index in [1.807, 2.05) is 6.07 Å². The highest BCUT2D eigenvalue weighted by Gasteiger charge is 2.31. The normalized spacial score (nSPS) is 11.5. The Bertz CT molecular complexity index is 1210. The van der Waals surface area contributed by atoms with Gasteiger partial charge in [-0.05, 0) is 54.6 Å². The van der Waals surface area contributed by atoms with Crippen LogP contribution in [0, 0.1) is 0 Å². The summed E-state index contributed by atoms with van der Waals surface area (Å²) in [5.41, 5.74) is 0.625. The molecule has 2 aromatic carbocycles. The number of hydrogen-bond donors (Lipinski definition) is 0. The van der Waals surface area contributed by atoms with E-state index < -0.39 is 17.6 Å². The molecule has 0 radical (unpaired) electrons. The van der Waals surface area contributed by atoms with Gasteiger partial charge in [0, 0.05) is 11.8 Å². The van der Waals surface area contributed by atoms with Crippen molar-refractivity contribution in [3.8, 4) is 5.75 Å². The lowest BCUT2D eigenvalue weighted by Crippen LogP contribution is -2.30. The molecule has 0 saturated carbocycles. The van der Waals surface area contributed by atoms with E-state index in [2.05, 4.69) is 9.97 Å². The summed E-state index contributed by atoms with van der Waals surface area (Å²) in [6.45, 7) is 0.123. The zero-order valence-electron chi connectivity index (χ0n) is 16.3. The van der Waals surface area contributed by atoms with Crippen LogP contribution in [0.25, 0.3) is 10.2 Å². The molecule has 0 aliphatic heterocycles. The van der Waals surface area contributed by atoms with Crippen molar-refractivity contribution in [2.45, 2.75) is 12.7 Å². The fraction of sp³-hybridized carbons (Fsp3) is 0.136. The number of ether oxygens (including phenoxy) is 1. The molecule has 0 spiro atoms. The second-order valence-electron chi connectivity index (χ2n) is 6.62. The molecule has 2 heterocycles. The van der Waals surface area contributed by atoms with E-state index in [4.69, 9.17) is 4.74 Å². The number of carbonyl (C=O) groups excluding carboxylic acids is 1. The van der Waals surface area contributed by atoms with Gasteiger partial charge in [-0.25, -0.2) is 4.98 Å². The Hall–Kier alpha value is -3.46. The number of benzene rings is 2. The van der Waals surface area contributed by atoms with E-state index in [0.29, 0.717) is 22.1 Å². The summed E-state index contributed by atoms with van der Waals surface area (Å²) in [6, 6.07) is 14.8. The van der Waals surface area contributed by atoms with Gasteiger partial charge in [0.1, 0.15) is 5.75 Å². The molecule has 0 aliphatic rings. The molecule has 0 aliphatic carbocycles. The molecular formula is C22H16F3N3O2S. The molecule has 5 nitrogen and oxygen atoms in total. The molecule has 31 heavy (non-hydrogen) atoms. The number of nitrogens with zero attached hydrogens (tertiary/aromatic N) is 3. The van der Waals surface area contributed by atoms with Crippen molar-refractivity contribution in [3.05, 3.63) is 83.7 Å². The van der Waals surface area contributed by atoms with E-state index >= 15 is 0 Å². The van der Waals surface area contributed by atoms with Crippen LogP contribution in [0.15, 0.2) is 66.9 Å². The maximum Gasteiger partial charge on any atom is 0.416 e. The Morgan fingerprint density at radius 3 is 2.52 bits per heavy atom. The van der Waals surface area contributed by atoms with E-state index in [9.17, 15) is 18.0 Å². The number of thiazole rings is 1. The fourth-order valence-corrected chi connectivity index (χ4v) is 3.96. The second-order valence-corrected chi connectivity index (χ2v) is 7.63. The third-order valence-electron chi connectivity index (χ3n) is 4.57. The predicted octanol–water partition coefficient (Wildman–Crippen LogP) is 5.57. The minimum atomic E-state index is -4.47. The van der Waals surface area contributed by atoms with Crippen molar-refractivity contribution in [1.29, 1.82) is 0 Å². The molecule has 0 bridgehead atoms. The van der Waals surface area contributed by atoms with Crippen LogP contribution in [0.5, 0.6) is 5.75 Å². The Balaban J connectivity index is 1.73. The van der Waals surface area contributed by atoms with Crippen molar-refractivity contribution in [2.75, 3.05) is 12.0 Å². The average Bonchev–Trinajstić information content (AvgIpc) is 3.20. The SMILES string of the molecule is COc1ccc2nc(N(Cc3ccccn3)C(=O)c3ccc(C(F)(F)F)cc3)sc2c1. The van der Waals surface area contributed by atoms with Gasteiger partial charge in [0.25, 0.3) is 5.91 Å². The number of halogens is 3. The van der Waals surface area contributed by atoms with Gasteiger partial charge in [0.2, 0.25) is 0 Å². The van der Waals surface area contributed by atoms with Crippen LogP contribution in [-0.2, 0) is 12.7 Å². The van der Waals surface area contributed by atoms with E-state index in [1.165, 1.54) is 28.4 Å². The fourth-order valence-electron chi connectivity index (χ4n) is 2.97. The monoisotopic (exact) mass is 443 g/mol. The Labute approximate surface area is 179 Å². The molecule has 1 amide bonds. The number of hydrogen-bond acceptors (Lipinski definition) is 5. The quantitative estimate of drug-likeness (QED) is 0.405. The van der Waals surface area contributed by atoms with Crippen LogP contribution in [0.1, 0.15) is 21.6 Å². The largest absolute Gasteiger partial charge is 0.497 e. The molecule has 158 valence electrons. The van der Waals surface area contributed by atoms with Gasteiger partial charge in [0.05, 0.1) is 35.1 Å². The summed E-state index contributed by atoms with van der Waals surface area (Å²) in [5.74, 6) is 0.193. The first-order valence-corrected chi connectivity index (χ1v) is 10.0. The van der Waals surface area contributed by atoms with Gasteiger partial charge in [-0.15, -0.1) is 0 Å². The molecule has 4 rings (SSSR count). The first-order valence-electron chi connectivity index (χ1n) is 9.19. The van der Waals surface area contributed by atoms with Gasteiger partial charge in [0.15, 0.2) is 5.13 Å². The molecule has 0 unspecified atom stereocenters. The van der Waals surface area contributed by atoms with Crippen LogP contribution in [-0.4, -0.2) is 23.0 Å². The van der Waals surface area contributed by atoms with Gasteiger partial charge < -0.3 is 4.74 Å². The molecule has 9 heteroatoms. The Morgan fingerprint density at radius 1 is 1.10 bits per heavy atom. The number of carbonyl (C=O) groups is 1. The zero-order chi connectivity index (χ0) is 22.0. The summed E-state index contributed by atoms with van der Waals surface area (Å²) >= 11 is 1.29. The highest BCUT2D eigenvalue weighted by molar-refractivity contribution is 7.22. The standard InChI is InChI=1S/C22H16F3N3O2S/c1-30-17-9-10-18-19(12-17)31-21(27-18)28(13-16-4-2-3-11-26-16)20(29)14-5-7-15(8-6-14)22(23,24)25/h2-12H,13H2,1H3. The lowest BCUT2D eigenvalue weighted by molar-refractivity contribution is -0.137. The number of rotatable bonds is 5. The highest BCUT2D eigenvalue weighted by atomic mass is 32.1. The highest BCUT2D eigenvalue weighted by Crippen LogP contribution is 2.33. The molecule has 0 fully saturated rings. The van der Waals surface area contributed by atoms with Crippen molar-refractivity contribution in [3.63, 3.8) is 0 Å². The van der Waals surface area contributed by atoms with Crippen molar-refractivity contribution in [2.24, 2.45) is 0 Å². The summed E-state index contributed by atoms with van der Waals surface area (Å²) in [6.07, 6.45) is -2.86. The second kappa shape index (κ2) is 8.35. The van der Waals surface area contributed by atoms with E-state index in [0.717, 1.165) is 16.8 Å². The predicted molar refractivity (Wildman–Crippen MR) is 112 cm³/mol. The first kappa shape index (κ1) is 20.8. The minimum absolute atomic E-state index is 0.123. The molecular weight excluding hydrogens is 427 g/mol. The molecule has 0 saturated heterocycles. The summed E-state index contributed by atoms with van der Waals surface area (Å²) in [7, 11) is 1.56. The summed E-state index contributed by atoms with van der Waals surface area (Å²) in [5, 5.41) is 0.416. The van der Waals surface area contributed by atoms with Crippen LogP contribution < -0.4 is 9.64 Å². The van der Waals surface area contributed by atoms with Crippen molar-refractivity contribution in [1.82, 2.24) is 9.97 Å². The number of methoxy groups -OCH3 is 1. The number of pyridine rings is 1. The van der Waals surface area contributed by atoms with E-state index in [-0.39, 0.29) is 12.1 Å². The number of aromatic nitrogens is 2. The summed E-state index contributed by atoms with van der Waals surface area (Å²) in [4.78, 5) is 23.5.